The van der Waals surface area contributed by atoms with Crippen molar-refractivity contribution in [3.8, 4) is 0 Å². The van der Waals surface area contributed by atoms with Crippen molar-refractivity contribution >= 4 is 41.3 Å². The van der Waals surface area contributed by atoms with Gasteiger partial charge in [0.1, 0.15) is 0 Å². The average molecular weight is 450 g/mol. The summed E-state index contributed by atoms with van der Waals surface area (Å²) in [6, 6.07) is 5.43. The molecule has 0 aliphatic carbocycles. The van der Waals surface area contributed by atoms with Crippen LogP contribution < -0.4 is 10.6 Å². The minimum absolute atomic E-state index is 0. The number of halogens is 1. The predicted octanol–water partition coefficient (Wildman–Crippen LogP) is 3.46. The first-order chi connectivity index (χ1) is 10.5. The first-order valence-electron chi connectivity index (χ1n) is 8.33. The molecule has 0 bridgehead atoms. The van der Waals surface area contributed by atoms with E-state index in [1.54, 1.807) is 0 Å². The molecule has 0 saturated carbocycles. The van der Waals surface area contributed by atoms with Crippen molar-refractivity contribution in [1.82, 2.24) is 15.5 Å². The number of nitrogens with one attached hydrogen (secondary N) is 2. The molecule has 0 amide bonds. The lowest BCUT2D eigenvalue weighted by Crippen LogP contribution is -2.46. The highest BCUT2D eigenvalue weighted by atomic mass is 127. The third kappa shape index (κ3) is 6.23. The summed E-state index contributed by atoms with van der Waals surface area (Å²) in [6.07, 6.45) is 0. The van der Waals surface area contributed by atoms with Gasteiger partial charge in [0.2, 0.25) is 0 Å². The van der Waals surface area contributed by atoms with Gasteiger partial charge in [0.15, 0.2) is 5.96 Å². The van der Waals surface area contributed by atoms with Crippen LogP contribution >= 0.6 is 35.3 Å². The molecule has 2 unspecified atom stereocenters. The van der Waals surface area contributed by atoms with Gasteiger partial charge in [-0.2, -0.15) is 0 Å². The Morgan fingerprint density at radius 3 is 2.65 bits per heavy atom. The molecular weight excluding hydrogens is 419 g/mol. The minimum atomic E-state index is 0. The van der Waals surface area contributed by atoms with Gasteiger partial charge in [0.05, 0.1) is 6.54 Å². The summed E-state index contributed by atoms with van der Waals surface area (Å²) in [4.78, 5) is 9.95. The second-order valence-electron chi connectivity index (χ2n) is 6.48. The van der Waals surface area contributed by atoms with Crippen molar-refractivity contribution in [3.63, 3.8) is 0 Å². The van der Waals surface area contributed by atoms with Gasteiger partial charge in [-0.1, -0.05) is 6.92 Å². The predicted molar refractivity (Wildman–Crippen MR) is 112 cm³/mol. The van der Waals surface area contributed by atoms with Crippen molar-refractivity contribution < 1.29 is 0 Å². The second-order valence-corrected chi connectivity index (χ2v) is 7.86. The Kier molecular flexibility index (Phi) is 8.85. The number of rotatable bonds is 5. The van der Waals surface area contributed by atoms with Crippen molar-refractivity contribution in [2.45, 2.75) is 53.2 Å². The summed E-state index contributed by atoms with van der Waals surface area (Å²) in [7, 11) is 0. The normalized spacial score (nSPS) is 22.3. The molecule has 4 nitrogen and oxygen atoms in total. The van der Waals surface area contributed by atoms with E-state index in [-0.39, 0.29) is 24.0 Å². The molecule has 1 fully saturated rings. The molecule has 0 aromatic carbocycles. The van der Waals surface area contributed by atoms with Crippen LogP contribution in [0.25, 0.3) is 0 Å². The van der Waals surface area contributed by atoms with E-state index in [4.69, 9.17) is 4.99 Å². The fraction of sp³-hybridized carbons (Fsp3) is 0.706. The molecule has 1 aromatic rings. The number of hydrogen-bond donors (Lipinski definition) is 2. The van der Waals surface area contributed by atoms with Crippen LogP contribution in [0.5, 0.6) is 0 Å². The zero-order valence-electron chi connectivity index (χ0n) is 14.9. The molecule has 2 rings (SSSR count). The van der Waals surface area contributed by atoms with Crippen LogP contribution in [0.1, 0.15) is 37.4 Å². The zero-order valence-corrected chi connectivity index (χ0v) is 18.1. The van der Waals surface area contributed by atoms with Crippen LogP contribution in [0, 0.1) is 12.8 Å². The molecule has 2 N–H and O–H groups in total. The zero-order chi connectivity index (χ0) is 16.1. The lowest BCUT2D eigenvalue weighted by atomic mass is 10.1. The first kappa shape index (κ1) is 20.7. The fourth-order valence-electron chi connectivity index (χ4n) is 2.84. The molecule has 2 heterocycles. The number of aryl methyl sites for hydroxylation is 1. The van der Waals surface area contributed by atoms with Crippen molar-refractivity contribution in [2.75, 3.05) is 19.6 Å². The van der Waals surface area contributed by atoms with E-state index in [2.05, 4.69) is 62.3 Å². The van der Waals surface area contributed by atoms with Gasteiger partial charge in [-0.05, 0) is 45.7 Å². The summed E-state index contributed by atoms with van der Waals surface area (Å²) in [5, 5.41) is 7.01. The maximum atomic E-state index is 4.75. The maximum Gasteiger partial charge on any atom is 0.191 e. The molecule has 6 heteroatoms. The molecule has 1 aliphatic heterocycles. The topological polar surface area (TPSA) is 39.7 Å². The molecule has 0 radical (unpaired) electrons. The number of nitrogens with zero attached hydrogens (tertiary/aromatic N) is 2. The largest absolute Gasteiger partial charge is 0.357 e. The number of hydrogen-bond acceptors (Lipinski definition) is 3. The maximum absolute atomic E-state index is 4.75. The Balaban J connectivity index is 0.00000264. The van der Waals surface area contributed by atoms with Crippen molar-refractivity contribution in [3.05, 3.63) is 21.9 Å². The monoisotopic (exact) mass is 450 g/mol. The summed E-state index contributed by atoms with van der Waals surface area (Å²) in [5.41, 5.74) is 0. The Hall–Kier alpha value is -0.340. The number of aliphatic imine (C=N–C) groups is 1. The van der Waals surface area contributed by atoms with E-state index in [0.717, 1.165) is 25.6 Å². The highest BCUT2D eigenvalue weighted by molar-refractivity contribution is 14.0. The van der Waals surface area contributed by atoms with E-state index in [0.29, 0.717) is 18.0 Å². The van der Waals surface area contributed by atoms with Gasteiger partial charge in [0.25, 0.3) is 0 Å². The Morgan fingerprint density at radius 2 is 2.13 bits per heavy atom. The molecule has 132 valence electrons. The Bertz CT molecular complexity index is 501. The quantitative estimate of drug-likeness (QED) is 0.410. The van der Waals surface area contributed by atoms with E-state index in [1.807, 2.05) is 11.3 Å². The molecule has 2 atom stereocenters. The molecule has 1 saturated heterocycles. The van der Waals surface area contributed by atoms with E-state index in [9.17, 15) is 0 Å². The lowest BCUT2D eigenvalue weighted by Gasteiger charge is -2.21. The highest BCUT2D eigenvalue weighted by Gasteiger charge is 2.31. The molecule has 1 aliphatic rings. The van der Waals surface area contributed by atoms with Crippen LogP contribution in [0.3, 0.4) is 0 Å². The van der Waals surface area contributed by atoms with Crippen LogP contribution in [0.4, 0.5) is 0 Å². The summed E-state index contributed by atoms with van der Waals surface area (Å²) >= 11 is 1.82. The number of thiophene rings is 1. The lowest BCUT2D eigenvalue weighted by molar-refractivity contribution is 0.265. The molecule has 23 heavy (non-hydrogen) atoms. The van der Waals surface area contributed by atoms with E-state index < -0.39 is 0 Å². The summed E-state index contributed by atoms with van der Waals surface area (Å²) < 4.78 is 0. The van der Waals surface area contributed by atoms with Gasteiger partial charge in [-0.25, -0.2) is 4.99 Å². The van der Waals surface area contributed by atoms with Gasteiger partial charge in [-0.15, -0.1) is 35.3 Å². The van der Waals surface area contributed by atoms with Gasteiger partial charge in [-0.3, -0.25) is 4.90 Å². The first-order valence-corrected chi connectivity index (χ1v) is 9.15. The van der Waals surface area contributed by atoms with Crippen molar-refractivity contribution in [1.29, 1.82) is 0 Å². The van der Waals surface area contributed by atoms with Crippen LogP contribution in [-0.4, -0.2) is 42.6 Å². The van der Waals surface area contributed by atoms with Gasteiger partial charge in [0, 0.05) is 41.5 Å². The molecule has 0 spiro atoms. The van der Waals surface area contributed by atoms with Crippen LogP contribution in [0.15, 0.2) is 17.1 Å². The second kappa shape index (κ2) is 9.84. The van der Waals surface area contributed by atoms with Crippen LogP contribution in [0.2, 0.25) is 0 Å². The number of guanidine groups is 1. The highest BCUT2D eigenvalue weighted by Crippen LogP contribution is 2.19. The smallest absolute Gasteiger partial charge is 0.191 e. The number of likely N-dealkylation sites (tertiary alicyclic amines) is 1. The fourth-order valence-corrected chi connectivity index (χ4v) is 3.65. The third-order valence-corrected chi connectivity index (χ3v) is 5.21. The van der Waals surface area contributed by atoms with E-state index >= 15 is 0 Å². The van der Waals surface area contributed by atoms with Gasteiger partial charge >= 0.3 is 0 Å². The Morgan fingerprint density at radius 1 is 1.39 bits per heavy atom. The summed E-state index contributed by atoms with van der Waals surface area (Å²) in [6.45, 7) is 15.0. The van der Waals surface area contributed by atoms with E-state index in [1.165, 1.54) is 16.3 Å². The SMILES string of the molecule is CCNC(=NCc1ccc(C)s1)NC1CN(C(C)C)CC1C.I. The Labute approximate surface area is 162 Å². The van der Waals surface area contributed by atoms with Crippen LogP contribution in [-0.2, 0) is 6.54 Å². The van der Waals surface area contributed by atoms with Gasteiger partial charge < -0.3 is 10.6 Å². The average Bonchev–Trinajstić information content (AvgIpc) is 3.03. The minimum Gasteiger partial charge on any atom is -0.357 e. The standard InChI is InChI=1S/C17H30N4S.HI/c1-6-18-17(19-9-15-8-7-14(5)22-15)20-16-11-21(12(2)3)10-13(16)4;/h7-8,12-13,16H,6,9-11H2,1-5H3,(H2,18,19,20);1H. The third-order valence-electron chi connectivity index (χ3n) is 4.23. The van der Waals surface area contributed by atoms with Crippen molar-refractivity contribution in [2.24, 2.45) is 10.9 Å². The summed E-state index contributed by atoms with van der Waals surface area (Å²) in [5.74, 6) is 1.59. The molecular formula is C17H31IN4S. The molecule has 1 aromatic heterocycles.